The van der Waals surface area contributed by atoms with Gasteiger partial charge in [-0.05, 0) is 70.8 Å². The molecule has 1 aliphatic heterocycles. The van der Waals surface area contributed by atoms with E-state index in [0.717, 1.165) is 11.1 Å². The van der Waals surface area contributed by atoms with Gasteiger partial charge in [0.15, 0.2) is 0 Å². The maximum absolute atomic E-state index is 13.4. The molecule has 0 unspecified atom stereocenters. The van der Waals surface area contributed by atoms with Crippen molar-refractivity contribution in [2.75, 3.05) is 0 Å². The minimum Gasteiger partial charge on any atom is -0.459 e. The van der Waals surface area contributed by atoms with Crippen LogP contribution in [-0.2, 0) is 23.9 Å². The lowest BCUT2D eigenvalue weighted by molar-refractivity contribution is -0.290. The molecule has 0 aromatic heterocycles. The molecule has 2 fully saturated rings. The van der Waals surface area contributed by atoms with Gasteiger partial charge in [-0.3, -0.25) is 9.59 Å². The van der Waals surface area contributed by atoms with Gasteiger partial charge in [-0.25, -0.2) is 4.79 Å². The van der Waals surface area contributed by atoms with Crippen molar-refractivity contribution in [2.24, 2.45) is 22.7 Å². The number of hydrogen-bond acceptors (Lipinski definition) is 8. The van der Waals surface area contributed by atoms with Crippen LogP contribution < -0.4 is 0 Å². The van der Waals surface area contributed by atoms with Gasteiger partial charge in [-0.15, -0.1) is 0 Å². The number of cyclic esters (lactones) is 1. The summed E-state index contributed by atoms with van der Waals surface area (Å²) in [6.07, 6.45) is 5.61. The summed E-state index contributed by atoms with van der Waals surface area (Å²) in [6.45, 7) is 10.0. The molecule has 3 N–H and O–H groups in total. The van der Waals surface area contributed by atoms with E-state index in [1.807, 2.05) is 32.1 Å². The van der Waals surface area contributed by atoms with Crippen LogP contribution in [0.4, 0.5) is 0 Å². The Kier molecular flexibility index (Phi) is 6.41. The van der Waals surface area contributed by atoms with Gasteiger partial charge in [0, 0.05) is 37.2 Å². The normalized spacial score (nSPS) is 45.0. The Labute approximate surface area is 230 Å². The van der Waals surface area contributed by atoms with Gasteiger partial charge in [-0.2, -0.15) is 0 Å². The molecule has 214 valence electrons. The summed E-state index contributed by atoms with van der Waals surface area (Å²) in [6, 6.07) is 0. The fourth-order valence-electron chi connectivity index (χ4n) is 9.22. The molecule has 0 aromatic carbocycles. The Morgan fingerprint density at radius 1 is 1.23 bits per heavy atom. The second kappa shape index (κ2) is 8.85. The Balaban J connectivity index is 1.66. The smallest absolute Gasteiger partial charge is 0.334 e. The molecule has 0 spiro atoms. The fraction of sp³-hybridized carbons (Fsp3) is 0.710. The monoisotopic (exact) mass is 542 g/mol. The highest BCUT2D eigenvalue weighted by Crippen LogP contribution is 2.71. The van der Waals surface area contributed by atoms with Crippen LogP contribution in [0.2, 0.25) is 0 Å². The third kappa shape index (κ3) is 3.37. The molecule has 0 aromatic rings. The average Bonchev–Trinajstić information content (AvgIpc) is 3.07. The van der Waals surface area contributed by atoms with E-state index < -0.39 is 57.7 Å². The van der Waals surface area contributed by atoms with E-state index in [1.165, 1.54) is 13.8 Å². The highest BCUT2D eigenvalue weighted by Gasteiger charge is 2.81. The summed E-state index contributed by atoms with van der Waals surface area (Å²) >= 11 is 0. The van der Waals surface area contributed by atoms with Gasteiger partial charge in [0.25, 0.3) is 0 Å². The molecule has 0 amide bonds. The Bertz CT molecular complexity index is 1210. The largest absolute Gasteiger partial charge is 0.459 e. The number of fused-ring (bicyclic) bond motifs is 5. The number of hydrogen-bond donors (Lipinski definition) is 3. The molecule has 39 heavy (non-hydrogen) atoms. The molecular formula is C31H42O8. The molecule has 5 aliphatic rings. The third-order valence-electron chi connectivity index (χ3n) is 11.6. The van der Waals surface area contributed by atoms with E-state index in [2.05, 4.69) is 0 Å². The minimum absolute atomic E-state index is 0.0922. The Morgan fingerprint density at radius 3 is 2.54 bits per heavy atom. The van der Waals surface area contributed by atoms with Crippen molar-refractivity contribution in [3.05, 3.63) is 34.9 Å². The van der Waals surface area contributed by atoms with Gasteiger partial charge < -0.3 is 24.8 Å². The lowest BCUT2D eigenvalue weighted by Gasteiger charge is -2.64. The van der Waals surface area contributed by atoms with E-state index in [0.29, 0.717) is 31.3 Å². The number of allylic oxidation sites excluding steroid dienone is 4. The fourth-order valence-corrected chi connectivity index (χ4v) is 9.22. The summed E-state index contributed by atoms with van der Waals surface area (Å²) in [5, 5.41) is 37.9. The van der Waals surface area contributed by atoms with Crippen molar-refractivity contribution >= 4 is 17.7 Å². The predicted molar refractivity (Wildman–Crippen MR) is 142 cm³/mol. The molecule has 0 radical (unpaired) electrons. The summed E-state index contributed by atoms with van der Waals surface area (Å²) in [5.41, 5.74) is -5.58. The summed E-state index contributed by atoms with van der Waals surface area (Å²) in [4.78, 5) is 38.4. The van der Waals surface area contributed by atoms with Crippen LogP contribution in [0.3, 0.4) is 0 Å². The number of ether oxygens (including phenoxy) is 2. The number of rotatable bonds is 4. The molecule has 8 nitrogen and oxygen atoms in total. The van der Waals surface area contributed by atoms with Gasteiger partial charge in [0.1, 0.15) is 34.8 Å². The maximum atomic E-state index is 13.4. The van der Waals surface area contributed by atoms with Gasteiger partial charge in [0.05, 0.1) is 5.41 Å². The van der Waals surface area contributed by atoms with Crippen LogP contribution in [0.5, 0.6) is 0 Å². The first-order valence-corrected chi connectivity index (χ1v) is 14.2. The van der Waals surface area contributed by atoms with Crippen LogP contribution in [0.25, 0.3) is 0 Å². The van der Waals surface area contributed by atoms with E-state index >= 15 is 0 Å². The van der Waals surface area contributed by atoms with Gasteiger partial charge in [-0.1, -0.05) is 30.7 Å². The summed E-state index contributed by atoms with van der Waals surface area (Å²) in [5.74, 6) is -1.78. The molecule has 9 atom stereocenters. The number of ketones is 1. The highest BCUT2D eigenvalue weighted by molar-refractivity contribution is 5.92. The first-order valence-electron chi connectivity index (χ1n) is 14.2. The van der Waals surface area contributed by atoms with E-state index in [1.54, 1.807) is 13.8 Å². The summed E-state index contributed by atoms with van der Waals surface area (Å²) in [7, 11) is 0. The Hall–Kier alpha value is -2.29. The van der Waals surface area contributed by atoms with Crippen molar-refractivity contribution in [2.45, 2.75) is 115 Å². The molecule has 2 saturated carbocycles. The van der Waals surface area contributed by atoms with E-state index in [4.69, 9.17) is 9.47 Å². The first-order chi connectivity index (χ1) is 18.1. The molecule has 4 aliphatic carbocycles. The number of Topliss-reactive ketones (excluding diaryl/α,β-unsaturated/α-hetero) is 1. The maximum Gasteiger partial charge on any atom is 0.334 e. The first kappa shape index (κ1) is 28.2. The molecule has 0 saturated heterocycles. The molecule has 1 heterocycles. The lowest BCUT2D eigenvalue weighted by Crippen LogP contribution is -2.73. The molecule has 0 bridgehead atoms. The predicted octanol–water partition coefficient (Wildman–Crippen LogP) is 3.47. The van der Waals surface area contributed by atoms with Crippen LogP contribution >= 0.6 is 0 Å². The standard InChI is InChI=1S/C31H42O8/c1-7-29-14-13-21-22(12-11-20-9-8-10-23(33)27(20,21)5)31(29,37)25(38-19(4)32)16-30(29,36)28(6,35)24-15-17(2)18(3)26(34)39-24/h8-9,11,21-22,24-25,35-37H,7,10,12-16H2,1-6H3/t21-,22+,24+,25-,27-,28-,29+,30+,31-/m0/s1. The third-order valence-corrected chi connectivity index (χ3v) is 11.6. The van der Waals surface area contributed by atoms with Crippen LogP contribution in [0.15, 0.2) is 34.9 Å². The number of carbonyl (C=O) groups excluding carboxylic acids is 3. The van der Waals surface area contributed by atoms with E-state index in [-0.39, 0.29) is 31.0 Å². The second-order valence-corrected chi connectivity index (χ2v) is 13.0. The average molecular weight is 543 g/mol. The number of esters is 2. The van der Waals surface area contributed by atoms with Crippen LogP contribution in [0.1, 0.15) is 86.5 Å². The quantitative estimate of drug-likeness (QED) is 0.461. The molecule has 8 heteroatoms. The SMILES string of the molecule is CC[C@]12CC[C@H]3[C@@H](CC=C4C=CCC(=O)[C@@]43C)[C@]1(O)[C@@H](OC(C)=O)C[C@@]2(O)[C@@](C)(O)[C@H]1CC(C)=C(C)C(=O)O1. The minimum atomic E-state index is -1.97. The summed E-state index contributed by atoms with van der Waals surface area (Å²) < 4.78 is 11.5. The van der Waals surface area contributed by atoms with Crippen molar-refractivity contribution in [1.29, 1.82) is 0 Å². The van der Waals surface area contributed by atoms with Gasteiger partial charge >= 0.3 is 11.9 Å². The zero-order valence-corrected chi connectivity index (χ0v) is 23.9. The van der Waals surface area contributed by atoms with Crippen LogP contribution in [0, 0.1) is 22.7 Å². The topological polar surface area (TPSA) is 130 Å². The second-order valence-electron chi connectivity index (χ2n) is 13.0. The lowest BCUT2D eigenvalue weighted by atomic mass is 9.43. The number of aliphatic hydroxyl groups is 3. The zero-order chi connectivity index (χ0) is 28.8. The van der Waals surface area contributed by atoms with E-state index in [9.17, 15) is 29.7 Å². The Morgan fingerprint density at radius 2 is 1.92 bits per heavy atom. The van der Waals surface area contributed by atoms with Crippen molar-refractivity contribution in [3.8, 4) is 0 Å². The van der Waals surface area contributed by atoms with Gasteiger partial charge in [0.2, 0.25) is 0 Å². The zero-order valence-electron chi connectivity index (χ0n) is 23.9. The number of carbonyl (C=O) groups is 3. The van der Waals surface area contributed by atoms with Crippen molar-refractivity contribution < 1.29 is 39.2 Å². The van der Waals surface area contributed by atoms with Crippen molar-refractivity contribution in [3.63, 3.8) is 0 Å². The van der Waals surface area contributed by atoms with Crippen molar-refractivity contribution in [1.82, 2.24) is 0 Å². The molecule has 5 rings (SSSR count). The van der Waals surface area contributed by atoms with Crippen LogP contribution in [-0.4, -0.2) is 62.1 Å². The highest BCUT2D eigenvalue weighted by atomic mass is 16.6. The molecular weight excluding hydrogens is 500 g/mol.